The molecule has 0 aliphatic carbocycles. The number of fused-ring (bicyclic) bond motifs is 1. The van der Waals surface area contributed by atoms with Gasteiger partial charge in [0.2, 0.25) is 0 Å². The minimum absolute atomic E-state index is 0.440. The molecule has 3 rings (SSSR count). The first-order chi connectivity index (χ1) is 13.7. The van der Waals surface area contributed by atoms with Crippen LogP contribution in [0.2, 0.25) is 0 Å². The Bertz CT molecular complexity index is 906. The van der Waals surface area contributed by atoms with Gasteiger partial charge in [0, 0.05) is 5.56 Å². The van der Waals surface area contributed by atoms with Crippen LogP contribution in [-0.2, 0) is 6.42 Å². The third kappa shape index (κ3) is 5.62. The van der Waals surface area contributed by atoms with Crippen LogP contribution in [0, 0.1) is 0 Å². The molecule has 0 spiro atoms. The number of halogens is 1. The van der Waals surface area contributed by atoms with Crippen LogP contribution in [0.3, 0.4) is 0 Å². The van der Waals surface area contributed by atoms with Gasteiger partial charge in [0.25, 0.3) is 0 Å². The van der Waals surface area contributed by atoms with E-state index >= 15 is 0 Å². The highest BCUT2D eigenvalue weighted by Gasteiger charge is 2.05. The lowest BCUT2D eigenvalue weighted by molar-refractivity contribution is 0.330. The van der Waals surface area contributed by atoms with Crippen molar-refractivity contribution in [3.63, 3.8) is 0 Å². The molecule has 146 valence electrons. The van der Waals surface area contributed by atoms with Crippen molar-refractivity contribution in [3.05, 3.63) is 67.0 Å². The zero-order valence-electron chi connectivity index (χ0n) is 16.4. The van der Waals surface area contributed by atoms with Gasteiger partial charge in [-0.2, -0.15) is 0 Å². The highest BCUT2D eigenvalue weighted by molar-refractivity contribution is 5.87. The normalized spacial score (nSPS) is 12.1. The van der Waals surface area contributed by atoms with Crippen LogP contribution in [-0.4, -0.2) is 22.7 Å². The first-order valence-corrected chi connectivity index (χ1v) is 9.88. The summed E-state index contributed by atoms with van der Waals surface area (Å²) < 4.78 is 18.3. The number of ether oxygens (including phenoxy) is 1. The van der Waals surface area contributed by atoms with Crippen LogP contribution in [0.1, 0.15) is 38.2 Å². The number of rotatable bonds is 10. The molecule has 0 amide bonds. The van der Waals surface area contributed by atoms with Crippen LogP contribution >= 0.6 is 0 Å². The lowest BCUT2D eigenvalue weighted by Gasteiger charge is -2.07. The SMILES string of the molecule is C=CCOc1cnc(-c2ccc3cc(CCCCCC(C)F)ccc3c2)nc1. The van der Waals surface area contributed by atoms with Crippen molar-refractivity contribution >= 4 is 10.8 Å². The van der Waals surface area contributed by atoms with Crippen molar-refractivity contribution in [1.82, 2.24) is 9.97 Å². The molecule has 28 heavy (non-hydrogen) atoms. The highest BCUT2D eigenvalue weighted by atomic mass is 19.1. The molecule has 1 atom stereocenters. The molecule has 0 bridgehead atoms. The Labute approximate surface area is 166 Å². The van der Waals surface area contributed by atoms with E-state index in [4.69, 9.17) is 4.74 Å². The Hall–Kier alpha value is -2.75. The summed E-state index contributed by atoms with van der Waals surface area (Å²) in [5.74, 6) is 1.31. The Morgan fingerprint density at radius 1 is 1.04 bits per heavy atom. The number of hydrogen-bond acceptors (Lipinski definition) is 3. The summed E-state index contributed by atoms with van der Waals surface area (Å²) in [6.45, 7) is 5.70. The van der Waals surface area contributed by atoms with Gasteiger partial charge in [0.15, 0.2) is 11.6 Å². The summed E-state index contributed by atoms with van der Waals surface area (Å²) in [5.41, 5.74) is 2.31. The predicted octanol–water partition coefficient (Wildman–Crippen LogP) is 6.32. The third-order valence-corrected chi connectivity index (χ3v) is 4.73. The van der Waals surface area contributed by atoms with Crippen molar-refractivity contribution in [2.45, 2.75) is 45.2 Å². The van der Waals surface area contributed by atoms with E-state index in [1.165, 1.54) is 16.3 Å². The quantitative estimate of drug-likeness (QED) is 0.306. The largest absolute Gasteiger partial charge is 0.486 e. The molecule has 1 unspecified atom stereocenters. The first-order valence-electron chi connectivity index (χ1n) is 9.88. The standard InChI is InChI=1S/C24H27FN2O/c1-3-13-28-23-16-26-24(27-17-23)22-12-11-20-14-19(9-10-21(20)15-22)8-6-4-5-7-18(2)25/h3,9-12,14-18H,1,4-8,13H2,2H3. The number of benzene rings is 2. The molecule has 0 saturated heterocycles. The van der Waals surface area contributed by atoms with Crippen molar-refractivity contribution < 1.29 is 9.13 Å². The second-order valence-electron chi connectivity index (χ2n) is 7.12. The molecule has 2 aromatic carbocycles. The summed E-state index contributed by atoms with van der Waals surface area (Å²) in [6, 6.07) is 12.8. The number of unbranched alkanes of at least 4 members (excludes halogenated alkanes) is 2. The molecule has 1 aromatic heterocycles. The minimum atomic E-state index is -0.685. The fourth-order valence-corrected chi connectivity index (χ4v) is 3.22. The van der Waals surface area contributed by atoms with E-state index in [2.05, 4.69) is 46.9 Å². The molecule has 3 nitrogen and oxygen atoms in total. The van der Waals surface area contributed by atoms with Crippen LogP contribution in [0.25, 0.3) is 22.2 Å². The molecule has 0 fully saturated rings. The van der Waals surface area contributed by atoms with Crippen LogP contribution < -0.4 is 4.74 Å². The van der Waals surface area contributed by atoms with E-state index < -0.39 is 6.17 Å². The van der Waals surface area contributed by atoms with Crippen LogP contribution in [0.5, 0.6) is 5.75 Å². The van der Waals surface area contributed by atoms with E-state index in [0.717, 1.165) is 31.2 Å². The van der Waals surface area contributed by atoms with Crippen molar-refractivity contribution in [3.8, 4) is 17.1 Å². The van der Waals surface area contributed by atoms with Crippen LogP contribution in [0.15, 0.2) is 61.4 Å². The maximum absolute atomic E-state index is 12.8. The summed E-state index contributed by atoms with van der Waals surface area (Å²) >= 11 is 0. The minimum Gasteiger partial charge on any atom is -0.486 e. The van der Waals surface area contributed by atoms with Crippen LogP contribution in [0.4, 0.5) is 4.39 Å². The number of aromatic nitrogens is 2. The number of alkyl halides is 1. The van der Waals surface area contributed by atoms with Gasteiger partial charge in [0.1, 0.15) is 6.61 Å². The Morgan fingerprint density at radius 2 is 1.79 bits per heavy atom. The van der Waals surface area contributed by atoms with Gasteiger partial charge in [-0.15, -0.1) is 0 Å². The zero-order valence-corrected chi connectivity index (χ0v) is 16.4. The highest BCUT2D eigenvalue weighted by Crippen LogP contribution is 2.24. The van der Waals surface area contributed by atoms with E-state index in [1.807, 2.05) is 6.07 Å². The lowest BCUT2D eigenvalue weighted by Crippen LogP contribution is -1.96. The summed E-state index contributed by atoms with van der Waals surface area (Å²) in [5, 5.41) is 2.38. The van der Waals surface area contributed by atoms with E-state index in [0.29, 0.717) is 24.6 Å². The van der Waals surface area contributed by atoms with Gasteiger partial charge in [-0.25, -0.2) is 14.4 Å². The lowest BCUT2D eigenvalue weighted by atomic mass is 10.0. The average molecular weight is 378 g/mol. The Morgan fingerprint density at radius 3 is 2.54 bits per heavy atom. The number of nitrogens with zero attached hydrogens (tertiary/aromatic N) is 2. The van der Waals surface area contributed by atoms with Crippen molar-refractivity contribution in [2.24, 2.45) is 0 Å². The maximum atomic E-state index is 12.8. The molecule has 0 N–H and O–H groups in total. The summed E-state index contributed by atoms with van der Waals surface area (Å²) in [4.78, 5) is 8.80. The second-order valence-corrected chi connectivity index (χ2v) is 7.12. The summed E-state index contributed by atoms with van der Waals surface area (Å²) in [7, 11) is 0. The third-order valence-electron chi connectivity index (χ3n) is 4.73. The molecule has 0 aliphatic heterocycles. The molecule has 0 aliphatic rings. The van der Waals surface area contributed by atoms with Gasteiger partial charge in [0.05, 0.1) is 18.6 Å². The van der Waals surface area contributed by atoms with Gasteiger partial charge >= 0.3 is 0 Å². The summed E-state index contributed by atoms with van der Waals surface area (Å²) in [6.07, 6.45) is 9.22. The fraction of sp³-hybridized carbons (Fsp3) is 0.333. The first kappa shape index (κ1) is 20.0. The van der Waals surface area contributed by atoms with Gasteiger partial charge < -0.3 is 4.74 Å². The molecule has 0 radical (unpaired) electrons. The average Bonchev–Trinajstić information content (AvgIpc) is 2.71. The molecule has 4 heteroatoms. The van der Waals surface area contributed by atoms with Gasteiger partial charge in [-0.3, -0.25) is 0 Å². The van der Waals surface area contributed by atoms with E-state index in [9.17, 15) is 4.39 Å². The number of aryl methyl sites for hydroxylation is 1. The number of hydrogen-bond donors (Lipinski definition) is 0. The predicted molar refractivity (Wildman–Crippen MR) is 113 cm³/mol. The second kappa shape index (κ2) is 9.98. The topological polar surface area (TPSA) is 35.0 Å². The van der Waals surface area contributed by atoms with Crippen molar-refractivity contribution in [1.29, 1.82) is 0 Å². The van der Waals surface area contributed by atoms with E-state index in [-0.39, 0.29) is 0 Å². The monoisotopic (exact) mass is 378 g/mol. The Kier molecular flexibility index (Phi) is 7.12. The maximum Gasteiger partial charge on any atom is 0.159 e. The zero-order chi connectivity index (χ0) is 19.8. The molecule has 0 saturated carbocycles. The molecular weight excluding hydrogens is 351 g/mol. The van der Waals surface area contributed by atoms with Crippen molar-refractivity contribution in [2.75, 3.05) is 6.61 Å². The molecule has 1 heterocycles. The Balaban J connectivity index is 1.64. The van der Waals surface area contributed by atoms with Gasteiger partial charge in [-0.05, 0) is 48.6 Å². The van der Waals surface area contributed by atoms with E-state index in [1.54, 1.807) is 25.4 Å². The molecule has 3 aromatic rings. The fourth-order valence-electron chi connectivity index (χ4n) is 3.22. The molecular formula is C24H27FN2O. The smallest absolute Gasteiger partial charge is 0.159 e. The van der Waals surface area contributed by atoms with Gasteiger partial charge in [-0.1, -0.05) is 55.8 Å².